The summed E-state index contributed by atoms with van der Waals surface area (Å²) in [6.45, 7) is -0.481. The first-order chi connectivity index (χ1) is 16.7. The van der Waals surface area contributed by atoms with Gasteiger partial charge >= 0.3 is 5.97 Å². The van der Waals surface area contributed by atoms with E-state index in [9.17, 15) is 19.2 Å². The fraction of sp³-hybridized carbons (Fsp3) is 0.120. The van der Waals surface area contributed by atoms with Crippen molar-refractivity contribution in [3.8, 4) is 0 Å². The molecular formula is C25H16Cl3NO5S. The first-order valence-corrected chi connectivity index (χ1v) is 12.3. The Balaban J connectivity index is 1.37. The van der Waals surface area contributed by atoms with Gasteiger partial charge in [0, 0.05) is 21.9 Å². The van der Waals surface area contributed by atoms with E-state index in [1.807, 2.05) is 0 Å². The van der Waals surface area contributed by atoms with E-state index in [2.05, 4.69) is 0 Å². The van der Waals surface area contributed by atoms with Gasteiger partial charge in [0.1, 0.15) is 0 Å². The molecule has 1 aliphatic heterocycles. The van der Waals surface area contributed by atoms with Gasteiger partial charge in [-0.1, -0.05) is 34.8 Å². The minimum atomic E-state index is -0.722. The molecule has 0 aliphatic carbocycles. The monoisotopic (exact) mass is 547 g/mol. The molecule has 1 saturated heterocycles. The fourth-order valence-electron chi connectivity index (χ4n) is 3.36. The SMILES string of the molecule is O=C(COC(=O)c1ccc(N2C(=O)CC(Sc3ccc(Cl)cc3)C2=O)cc1)c1ccc(Cl)c(Cl)c1. The Hall–Kier alpha value is -2.84. The van der Waals surface area contributed by atoms with Gasteiger partial charge in [-0.15, -0.1) is 11.8 Å². The van der Waals surface area contributed by atoms with E-state index in [1.165, 1.54) is 54.2 Å². The van der Waals surface area contributed by atoms with Crippen molar-refractivity contribution in [2.45, 2.75) is 16.6 Å². The van der Waals surface area contributed by atoms with Gasteiger partial charge in [0.05, 0.1) is 26.5 Å². The molecule has 1 aliphatic rings. The number of imide groups is 1. The Morgan fingerprint density at radius 3 is 2.20 bits per heavy atom. The van der Waals surface area contributed by atoms with E-state index in [4.69, 9.17) is 39.5 Å². The van der Waals surface area contributed by atoms with Crippen LogP contribution >= 0.6 is 46.6 Å². The Morgan fingerprint density at radius 1 is 0.886 bits per heavy atom. The Morgan fingerprint density at radius 2 is 1.54 bits per heavy atom. The fourth-order valence-corrected chi connectivity index (χ4v) is 4.84. The van der Waals surface area contributed by atoms with Gasteiger partial charge in [0.15, 0.2) is 12.4 Å². The molecule has 0 radical (unpaired) electrons. The second-order valence-electron chi connectivity index (χ2n) is 7.51. The first kappa shape index (κ1) is 25.3. The average molecular weight is 549 g/mol. The largest absolute Gasteiger partial charge is 0.454 e. The lowest BCUT2D eigenvalue weighted by atomic mass is 10.1. The maximum Gasteiger partial charge on any atom is 0.338 e. The van der Waals surface area contributed by atoms with Crippen LogP contribution in [0.15, 0.2) is 71.6 Å². The third-order valence-corrected chi connectivity index (χ3v) is 7.32. The molecule has 3 aromatic rings. The van der Waals surface area contributed by atoms with E-state index >= 15 is 0 Å². The smallest absolute Gasteiger partial charge is 0.338 e. The molecule has 10 heteroatoms. The molecule has 0 saturated carbocycles. The summed E-state index contributed by atoms with van der Waals surface area (Å²) in [6.07, 6.45) is 0.0622. The van der Waals surface area contributed by atoms with Crippen molar-refractivity contribution in [1.82, 2.24) is 0 Å². The molecule has 4 rings (SSSR count). The molecule has 1 heterocycles. The summed E-state index contributed by atoms with van der Waals surface area (Å²) in [7, 11) is 0. The molecule has 1 atom stereocenters. The Kier molecular flexibility index (Phi) is 7.82. The summed E-state index contributed by atoms with van der Waals surface area (Å²) < 4.78 is 5.09. The molecule has 178 valence electrons. The highest BCUT2D eigenvalue weighted by Gasteiger charge is 2.40. The average Bonchev–Trinajstić information content (AvgIpc) is 3.13. The molecule has 35 heavy (non-hydrogen) atoms. The van der Waals surface area contributed by atoms with Gasteiger partial charge in [-0.05, 0) is 66.7 Å². The van der Waals surface area contributed by atoms with Gasteiger partial charge in [-0.25, -0.2) is 9.69 Å². The summed E-state index contributed by atoms with van der Waals surface area (Å²) in [5.41, 5.74) is 0.782. The van der Waals surface area contributed by atoms with Gasteiger partial charge in [-0.2, -0.15) is 0 Å². The van der Waals surface area contributed by atoms with Gasteiger partial charge in [0.2, 0.25) is 11.8 Å². The number of anilines is 1. The van der Waals surface area contributed by atoms with Crippen molar-refractivity contribution in [2.75, 3.05) is 11.5 Å². The number of ether oxygens (including phenoxy) is 1. The summed E-state index contributed by atoms with van der Waals surface area (Å²) in [6, 6.07) is 17.2. The second kappa shape index (κ2) is 10.8. The van der Waals surface area contributed by atoms with Crippen LogP contribution in [0.3, 0.4) is 0 Å². The summed E-state index contributed by atoms with van der Waals surface area (Å²) in [4.78, 5) is 52.0. The van der Waals surface area contributed by atoms with Crippen LogP contribution in [0.5, 0.6) is 0 Å². The number of thioether (sulfide) groups is 1. The normalized spacial score (nSPS) is 15.4. The Bertz CT molecular complexity index is 1310. The molecule has 1 unspecified atom stereocenters. The van der Waals surface area contributed by atoms with Crippen molar-refractivity contribution < 1.29 is 23.9 Å². The number of esters is 1. The van der Waals surface area contributed by atoms with E-state index in [0.717, 1.165) is 9.80 Å². The van der Waals surface area contributed by atoms with Crippen LogP contribution in [0.25, 0.3) is 0 Å². The molecule has 0 spiro atoms. The minimum Gasteiger partial charge on any atom is -0.454 e. The van der Waals surface area contributed by atoms with Crippen molar-refractivity contribution in [1.29, 1.82) is 0 Å². The molecular weight excluding hydrogens is 533 g/mol. The van der Waals surface area contributed by atoms with Gasteiger partial charge < -0.3 is 4.74 Å². The summed E-state index contributed by atoms with van der Waals surface area (Å²) in [5.74, 6) is -1.83. The molecule has 0 aromatic heterocycles. The zero-order valence-corrected chi connectivity index (χ0v) is 21.0. The van der Waals surface area contributed by atoms with E-state index < -0.39 is 23.6 Å². The number of amides is 2. The lowest BCUT2D eigenvalue weighted by molar-refractivity contribution is -0.121. The van der Waals surface area contributed by atoms with Crippen LogP contribution in [0.1, 0.15) is 27.1 Å². The topological polar surface area (TPSA) is 80.8 Å². The number of halogens is 3. The van der Waals surface area contributed by atoms with Gasteiger partial charge in [-0.3, -0.25) is 14.4 Å². The third kappa shape index (κ3) is 5.87. The number of nitrogens with zero attached hydrogens (tertiary/aromatic N) is 1. The molecule has 0 bridgehead atoms. The minimum absolute atomic E-state index is 0.0622. The highest BCUT2D eigenvalue weighted by atomic mass is 35.5. The first-order valence-electron chi connectivity index (χ1n) is 10.3. The highest BCUT2D eigenvalue weighted by molar-refractivity contribution is 8.00. The van der Waals surface area contributed by atoms with Crippen molar-refractivity contribution in [3.63, 3.8) is 0 Å². The molecule has 3 aromatic carbocycles. The number of ketones is 1. The lowest BCUT2D eigenvalue weighted by Crippen LogP contribution is -2.31. The Labute approximate surface area is 220 Å². The molecule has 6 nitrogen and oxygen atoms in total. The van der Waals surface area contributed by atoms with Crippen molar-refractivity contribution >= 4 is 75.8 Å². The number of rotatable bonds is 7. The predicted octanol–water partition coefficient (Wildman–Crippen LogP) is 6.11. The van der Waals surface area contributed by atoms with Crippen LogP contribution in [0, 0.1) is 0 Å². The maximum absolute atomic E-state index is 12.9. The van der Waals surface area contributed by atoms with Crippen LogP contribution in [0.4, 0.5) is 5.69 Å². The highest BCUT2D eigenvalue weighted by Crippen LogP contribution is 2.34. The predicted molar refractivity (Wildman–Crippen MR) is 136 cm³/mol. The lowest BCUT2D eigenvalue weighted by Gasteiger charge is -2.15. The number of hydrogen-bond donors (Lipinski definition) is 0. The summed E-state index contributed by atoms with van der Waals surface area (Å²) in [5, 5.41) is 0.562. The quantitative estimate of drug-likeness (QED) is 0.201. The molecule has 2 amide bonds. The number of carbonyl (C=O) groups is 4. The van der Waals surface area contributed by atoms with E-state index in [-0.39, 0.29) is 34.4 Å². The maximum atomic E-state index is 12.9. The van der Waals surface area contributed by atoms with E-state index in [1.54, 1.807) is 24.3 Å². The third-order valence-electron chi connectivity index (χ3n) is 5.13. The van der Waals surface area contributed by atoms with Crippen LogP contribution in [-0.4, -0.2) is 35.4 Å². The number of Topliss-reactive ketones (excluding diaryl/α,β-unsaturated/α-hetero) is 1. The van der Waals surface area contributed by atoms with E-state index in [0.29, 0.717) is 15.7 Å². The molecule has 1 fully saturated rings. The van der Waals surface area contributed by atoms with Crippen LogP contribution in [-0.2, 0) is 14.3 Å². The van der Waals surface area contributed by atoms with Gasteiger partial charge in [0.25, 0.3) is 0 Å². The second-order valence-corrected chi connectivity index (χ2v) is 10.0. The zero-order chi connectivity index (χ0) is 25.1. The van der Waals surface area contributed by atoms with Crippen LogP contribution in [0.2, 0.25) is 15.1 Å². The number of hydrogen-bond acceptors (Lipinski definition) is 6. The number of carbonyl (C=O) groups excluding carboxylic acids is 4. The van der Waals surface area contributed by atoms with Crippen molar-refractivity contribution in [3.05, 3.63) is 92.9 Å². The standard InChI is InChI=1S/C25H16Cl3NO5S/c26-16-4-8-18(9-5-16)35-22-12-23(31)29(24(22)32)17-6-1-14(2-7-17)25(33)34-13-21(30)15-3-10-19(27)20(28)11-15/h1-11,22H,12-13H2. The van der Waals surface area contributed by atoms with Crippen molar-refractivity contribution in [2.24, 2.45) is 0 Å². The summed E-state index contributed by atoms with van der Waals surface area (Å²) >= 11 is 18.9. The van der Waals surface area contributed by atoms with Crippen LogP contribution < -0.4 is 4.90 Å². The number of benzene rings is 3. The zero-order valence-electron chi connectivity index (χ0n) is 17.9. The molecule has 0 N–H and O–H groups in total.